The van der Waals surface area contributed by atoms with Gasteiger partial charge in [0, 0.05) is 12.6 Å². The molecule has 1 saturated carbocycles. The number of aromatic nitrogens is 1. The lowest BCUT2D eigenvalue weighted by Gasteiger charge is -2.31. The van der Waals surface area contributed by atoms with Crippen LogP contribution in [0.3, 0.4) is 0 Å². The first-order chi connectivity index (χ1) is 11.8. The van der Waals surface area contributed by atoms with E-state index in [4.69, 9.17) is 4.52 Å². The van der Waals surface area contributed by atoms with E-state index in [1.54, 1.807) is 13.8 Å². The van der Waals surface area contributed by atoms with Crippen LogP contribution in [0.4, 0.5) is 0 Å². The molecule has 0 bridgehead atoms. The lowest BCUT2D eigenvalue weighted by atomic mass is 9.86. The molecule has 0 unspecified atom stereocenters. The van der Waals surface area contributed by atoms with Crippen molar-refractivity contribution in [2.45, 2.75) is 76.3 Å². The third-order valence-electron chi connectivity index (χ3n) is 5.48. The van der Waals surface area contributed by atoms with Gasteiger partial charge in [0.15, 0.2) is 5.76 Å². The molecule has 2 heterocycles. The molecule has 3 atom stereocenters. The number of amides is 1. The molecule has 1 aliphatic carbocycles. The SMILES string of the molecule is Cc1noc(C)c1S(=O)(=O)N1CCC[C@@H]1C(=O)N[C@H]1CCCC[C@H]1C. The fourth-order valence-electron chi connectivity index (χ4n) is 4.06. The summed E-state index contributed by atoms with van der Waals surface area (Å²) in [7, 11) is -3.79. The van der Waals surface area contributed by atoms with E-state index in [0.717, 1.165) is 19.3 Å². The van der Waals surface area contributed by atoms with Crippen LogP contribution in [0.5, 0.6) is 0 Å². The van der Waals surface area contributed by atoms with Crippen molar-refractivity contribution in [1.82, 2.24) is 14.8 Å². The quantitative estimate of drug-likeness (QED) is 0.878. The summed E-state index contributed by atoms with van der Waals surface area (Å²) in [6, 6.07) is -0.502. The molecule has 0 aromatic carbocycles. The Morgan fingerprint density at radius 3 is 2.56 bits per heavy atom. The number of carbonyl (C=O) groups is 1. The van der Waals surface area contributed by atoms with Crippen molar-refractivity contribution >= 4 is 15.9 Å². The van der Waals surface area contributed by atoms with Crippen LogP contribution < -0.4 is 5.32 Å². The standard InChI is InChI=1S/C17H27N3O4S/c1-11-7-4-5-8-14(11)18-17(21)15-9-6-10-20(15)25(22,23)16-12(2)19-24-13(16)3/h11,14-15H,4-10H2,1-3H3,(H,18,21)/t11-,14+,15-/m1/s1. The minimum Gasteiger partial charge on any atom is -0.360 e. The molecular weight excluding hydrogens is 342 g/mol. The Labute approximate surface area is 149 Å². The molecule has 8 heteroatoms. The largest absolute Gasteiger partial charge is 0.360 e. The fourth-order valence-corrected chi connectivity index (χ4v) is 6.01. The van der Waals surface area contributed by atoms with Gasteiger partial charge in [0.25, 0.3) is 0 Å². The van der Waals surface area contributed by atoms with Crippen LogP contribution in [0, 0.1) is 19.8 Å². The Morgan fingerprint density at radius 2 is 1.92 bits per heavy atom. The number of carbonyl (C=O) groups excluding carboxylic acids is 1. The van der Waals surface area contributed by atoms with E-state index in [1.807, 2.05) is 0 Å². The Kier molecular flexibility index (Phi) is 5.20. The maximum absolute atomic E-state index is 13.1. The Bertz CT molecular complexity index is 724. The number of hydrogen-bond acceptors (Lipinski definition) is 5. The van der Waals surface area contributed by atoms with E-state index in [1.165, 1.54) is 10.7 Å². The Hall–Kier alpha value is -1.41. The predicted octanol–water partition coefficient (Wildman–Crippen LogP) is 2.14. The van der Waals surface area contributed by atoms with Gasteiger partial charge in [-0.3, -0.25) is 4.79 Å². The van der Waals surface area contributed by atoms with Crippen LogP contribution in [0.2, 0.25) is 0 Å². The molecule has 0 radical (unpaired) electrons. The van der Waals surface area contributed by atoms with E-state index in [0.29, 0.717) is 31.0 Å². The van der Waals surface area contributed by atoms with Gasteiger partial charge in [0.1, 0.15) is 16.6 Å². The second-order valence-corrected chi connectivity index (χ2v) is 9.13. The smallest absolute Gasteiger partial charge is 0.249 e. The molecule has 3 rings (SSSR count). The molecule has 1 amide bonds. The average molecular weight is 369 g/mol. The molecule has 2 aliphatic rings. The van der Waals surface area contributed by atoms with Crippen LogP contribution in [0.15, 0.2) is 9.42 Å². The monoisotopic (exact) mass is 369 g/mol. The Balaban J connectivity index is 1.79. The van der Waals surface area contributed by atoms with Crippen molar-refractivity contribution in [3.8, 4) is 0 Å². The van der Waals surface area contributed by atoms with E-state index in [2.05, 4.69) is 17.4 Å². The molecule has 1 saturated heterocycles. The van der Waals surface area contributed by atoms with Crippen molar-refractivity contribution in [3.05, 3.63) is 11.5 Å². The summed E-state index contributed by atoms with van der Waals surface area (Å²) in [6.45, 7) is 5.70. The molecule has 140 valence electrons. The maximum Gasteiger partial charge on any atom is 0.249 e. The first kappa shape index (κ1) is 18.4. The highest BCUT2D eigenvalue weighted by molar-refractivity contribution is 7.89. The summed E-state index contributed by atoms with van der Waals surface area (Å²) in [6.07, 6.45) is 5.62. The number of rotatable bonds is 4. The summed E-state index contributed by atoms with van der Waals surface area (Å²) in [5.41, 5.74) is 0.337. The lowest BCUT2D eigenvalue weighted by Crippen LogP contribution is -2.50. The van der Waals surface area contributed by atoms with E-state index in [9.17, 15) is 13.2 Å². The number of hydrogen-bond donors (Lipinski definition) is 1. The third-order valence-corrected chi connectivity index (χ3v) is 7.63. The van der Waals surface area contributed by atoms with Crippen molar-refractivity contribution in [3.63, 3.8) is 0 Å². The van der Waals surface area contributed by atoms with Crippen molar-refractivity contribution in [2.75, 3.05) is 6.54 Å². The van der Waals surface area contributed by atoms with Crippen LogP contribution in [0.25, 0.3) is 0 Å². The molecule has 25 heavy (non-hydrogen) atoms. The molecule has 1 aromatic rings. The van der Waals surface area contributed by atoms with E-state index in [-0.39, 0.29) is 22.6 Å². The van der Waals surface area contributed by atoms with Gasteiger partial charge in [0.05, 0.1) is 0 Å². The van der Waals surface area contributed by atoms with E-state index < -0.39 is 16.1 Å². The normalized spacial score (nSPS) is 28.2. The first-order valence-electron chi connectivity index (χ1n) is 9.07. The zero-order valence-corrected chi connectivity index (χ0v) is 15.9. The highest BCUT2D eigenvalue weighted by atomic mass is 32.2. The van der Waals surface area contributed by atoms with Crippen molar-refractivity contribution in [1.29, 1.82) is 0 Å². The minimum atomic E-state index is -3.79. The van der Waals surface area contributed by atoms with Gasteiger partial charge in [0.2, 0.25) is 15.9 Å². The number of nitrogens with one attached hydrogen (secondary N) is 1. The summed E-state index contributed by atoms with van der Waals surface area (Å²) >= 11 is 0. The lowest BCUT2D eigenvalue weighted by molar-refractivity contribution is -0.125. The van der Waals surface area contributed by atoms with E-state index >= 15 is 0 Å². The number of aryl methyl sites for hydroxylation is 2. The fraction of sp³-hybridized carbons (Fsp3) is 0.765. The predicted molar refractivity (Wildman–Crippen MR) is 92.5 cm³/mol. The molecular formula is C17H27N3O4S. The average Bonchev–Trinajstić information content (AvgIpc) is 3.17. The van der Waals surface area contributed by atoms with Gasteiger partial charge in [-0.05, 0) is 45.4 Å². The van der Waals surface area contributed by atoms with Gasteiger partial charge in [-0.2, -0.15) is 4.31 Å². The zero-order chi connectivity index (χ0) is 18.2. The van der Waals surface area contributed by atoms with Gasteiger partial charge in [-0.1, -0.05) is 24.9 Å². The molecule has 1 aliphatic heterocycles. The highest BCUT2D eigenvalue weighted by Gasteiger charge is 2.42. The maximum atomic E-state index is 13.1. The molecule has 1 aromatic heterocycles. The summed E-state index contributed by atoms with van der Waals surface area (Å²) < 4.78 is 32.4. The minimum absolute atomic E-state index is 0.0956. The van der Waals surface area contributed by atoms with Gasteiger partial charge in [-0.25, -0.2) is 8.42 Å². The van der Waals surface area contributed by atoms with Crippen molar-refractivity contribution in [2.24, 2.45) is 5.92 Å². The van der Waals surface area contributed by atoms with Crippen LogP contribution in [-0.4, -0.2) is 42.4 Å². The first-order valence-corrected chi connectivity index (χ1v) is 10.5. The summed E-state index contributed by atoms with van der Waals surface area (Å²) in [5.74, 6) is 0.530. The second-order valence-electron chi connectivity index (χ2n) is 7.30. The Morgan fingerprint density at radius 1 is 1.20 bits per heavy atom. The third kappa shape index (κ3) is 3.46. The molecule has 0 spiro atoms. The number of sulfonamides is 1. The van der Waals surface area contributed by atoms with Gasteiger partial charge in [-0.15, -0.1) is 0 Å². The molecule has 2 fully saturated rings. The zero-order valence-electron chi connectivity index (χ0n) is 15.1. The highest BCUT2D eigenvalue weighted by Crippen LogP contribution is 2.30. The number of nitrogens with zero attached hydrogens (tertiary/aromatic N) is 2. The van der Waals surface area contributed by atoms with Gasteiger partial charge < -0.3 is 9.84 Å². The van der Waals surface area contributed by atoms with Crippen LogP contribution in [0.1, 0.15) is 56.9 Å². The molecule has 7 nitrogen and oxygen atoms in total. The topological polar surface area (TPSA) is 92.5 Å². The van der Waals surface area contributed by atoms with Crippen LogP contribution in [-0.2, 0) is 14.8 Å². The van der Waals surface area contributed by atoms with Gasteiger partial charge >= 0.3 is 0 Å². The van der Waals surface area contributed by atoms with Crippen LogP contribution >= 0.6 is 0 Å². The summed E-state index contributed by atoms with van der Waals surface area (Å²) in [5, 5.41) is 6.85. The molecule has 1 N–H and O–H groups in total. The van der Waals surface area contributed by atoms with Crippen molar-refractivity contribution < 1.29 is 17.7 Å². The summed E-state index contributed by atoms with van der Waals surface area (Å²) in [4.78, 5) is 12.9. The second kappa shape index (κ2) is 7.07.